The molecule has 15 heteroatoms. The quantitative estimate of drug-likeness (QED) is 0.310. The lowest BCUT2D eigenvalue weighted by atomic mass is 9.71. The Morgan fingerprint density at radius 3 is 2.12 bits per heavy atom. The average Bonchev–Trinajstić information content (AvgIpc) is 3.49. The van der Waals surface area contributed by atoms with Crippen molar-refractivity contribution in [2.75, 3.05) is 78.9 Å². The number of amides is 5. The molecule has 1 aromatic heterocycles. The Hall–Kier alpha value is -5.88. The monoisotopic (exact) mass is 815 g/mol. The van der Waals surface area contributed by atoms with Gasteiger partial charge in [0.1, 0.15) is 11.9 Å². The highest BCUT2D eigenvalue weighted by molar-refractivity contribution is 6.23. The molecule has 14 nitrogen and oxygen atoms in total. The van der Waals surface area contributed by atoms with E-state index in [0.29, 0.717) is 46.9 Å². The van der Waals surface area contributed by atoms with E-state index < -0.39 is 41.2 Å². The van der Waals surface area contributed by atoms with Gasteiger partial charge in [-0.3, -0.25) is 34.2 Å². The molecule has 6 aliphatic heterocycles. The number of carbonyl (C=O) groups excluding carboxylic acids is 5. The van der Waals surface area contributed by atoms with Gasteiger partial charge in [0, 0.05) is 89.5 Å². The molecular formula is C45H50FN9O5. The molecule has 60 heavy (non-hydrogen) atoms. The van der Waals surface area contributed by atoms with Crippen LogP contribution >= 0.6 is 0 Å². The van der Waals surface area contributed by atoms with Gasteiger partial charge >= 0.3 is 0 Å². The molecular weight excluding hydrogens is 766 g/mol. The van der Waals surface area contributed by atoms with Gasteiger partial charge < -0.3 is 24.9 Å². The largest absolute Gasteiger partial charge is 0.371 e. The van der Waals surface area contributed by atoms with Crippen LogP contribution in [0.15, 0.2) is 54.7 Å². The third kappa shape index (κ3) is 7.46. The van der Waals surface area contributed by atoms with E-state index in [-0.39, 0.29) is 25.7 Å². The molecule has 0 aliphatic carbocycles. The van der Waals surface area contributed by atoms with E-state index in [9.17, 15) is 29.2 Å². The molecule has 7 heterocycles. The lowest BCUT2D eigenvalue weighted by molar-refractivity contribution is -0.136. The highest BCUT2D eigenvalue weighted by Crippen LogP contribution is 2.43. The number of nitrogens with zero attached hydrogens (tertiary/aromatic N) is 7. The second-order valence-corrected chi connectivity index (χ2v) is 17.7. The van der Waals surface area contributed by atoms with Crippen molar-refractivity contribution in [3.63, 3.8) is 0 Å². The molecule has 1 atom stereocenters. The number of imide groups is 2. The number of rotatable bonds is 8. The lowest BCUT2D eigenvalue weighted by Gasteiger charge is -2.55. The highest BCUT2D eigenvalue weighted by Gasteiger charge is 2.47. The maximum Gasteiger partial charge on any atom is 0.263 e. The van der Waals surface area contributed by atoms with Crippen LogP contribution in [0.25, 0.3) is 0 Å². The lowest BCUT2D eigenvalue weighted by Crippen LogP contribution is -2.61. The molecule has 1 spiro atoms. The van der Waals surface area contributed by atoms with Crippen molar-refractivity contribution < 1.29 is 28.4 Å². The number of aryl methyl sites for hydroxylation is 1. The number of fused-ring (bicyclic) bond motifs is 1. The molecule has 3 aromatic rings. The van der Waals surface area contributed by atoms with Crippen LogP contribution in [0.4, 0.5) is 27.3 Å². The van der Waals surface area contributed by atoms with Crippen LogP contribution < -0.4 is 25.3 Å². The molecule has 9 rings (SSSR count). The van der Waals surface area contributed by atoms with Crippen molar-refractivity contribution in [2.24, 2.45) is 11.3 Å². The number of likely N-dealkylation sites (tertiary alicyclic amines) is 1. The summed E-state index contributed by atoms with van der Waals surface area (Å²) in [6.45, 7) is 9.54. The predicted molar refractivity (Wildman–Crippen MR) is 222 cm³/mol. The number of benzene rings is 2. The van der Waals surface area contributed by atoms with Crippen LogP contribution in [-0.4, -0.2) is 115 Å². The summed E-state index contributed by atoms with van der Waals surface area (Å²) >= 11 is 0. The first-order chi connectivity index (χ1) is 28.9. The fraction of sp³-hybridized carbons (Fsp3) is 0.489. The third-order valence-electron chi connectivity index (χ3n) is 13.9. The Balaban J connectivity index is 0.698. The van der Waals surface area contributed by atoms with Crippen molar-refractivity contribution in [1.29, 1.82) is 5.26 Å². The fourth-order valence-corrected chi connectivity index (χ4v) is 10.2. The summed E-state index contributed by atoms with van der Waals surface area (Å²) in [7, 11) is 0. The van der Waals surface area contributed by atoms with E-state index in [0.717, 1.165) is 99.0 Å². The normalized spacial score (nSPS) is 23.0. The number of hydrogen-bond donors (Lipinski definition) is 2. The first kappa shape index (κ1) is 39.6. The number of pyridine rings is 1. The predicted octanol–water partition coefficient (Wildman–Crippen LogP) is 4.43. The maximum atomic E-state index is 15.8. The summed E-state index contributed by atoms with van der Waals surface area (Å²) in [5.74, 6) is -1.66. The molecule has 0 bridgehead atoms. The summed E-state index contributed by atoms with van der Waals surface area (Å²) in [6, 6.07) is 15.9. The second kappa shape index (κ2) is 15.6. The zero-order valence-corrected chi connectivity index (χ0v) is 33.9. The van der Waals surface area contributed by atoms with Gasteiger partial charge in [0.2, 0.25) is 11.8 Å². The van der Waals surface area contributed by atoms with Crippen molar-refractivity contribution in [3.05, 3.63) is 77.0 Å². The molecule has 2 N–H and O–H groups in total. The maximum absolute atomic E-state index is 15.8. The van der Waals surface area contributed by atoms with E-state index in [2.05, 4.69) is 41.3 Å². The van der Waals surface area contributed by atoms with Crippen molar-refractivity contribution in [3.8, 4) is 6.07 Å². The van der Waals surface area contributed by atoms with E-state index in [1.807, 2.05) is 31.2 Å². The molecule has 312 valence electrons. The first-order valence-corrected chi connectivity index (χ1v) is 21.2. The second-order valence-electron chi connectivity index (χ2n) is 17.7. The van der Waals surface area contributed by atoms with Crippen LogP contribution in [0, 0.1) is 29.6 Å². The topological polar surface area (TPSA) is 162 Å². The van der Waals surface area contributed by atoms with Crippen LogP contribution in [0.2, 0.25) is 0 Å². The van der Waals surface area contributed by atoms with E-state index in [4.69, 9.17) is 0 Å². The number of halogens is 1. The molecule has 6 aliphatic rings. The highest BCUT2D eigenvalue weighted by atomic mass is 19.1. The minimum absolute atomic E-state index is 0.0732. The first-order valence-electron chi connectivity index (χ1n) is 21.2. The number of alkyl halides is 1. The summed E-state index contributed by atoms with van der Waals surface area (Å²) in [4.78, 5) is 78.4. The van der Waals surface area contributed by atoms with Gasteiger partial charge in [-0.15, -0.1) is 0 Å². The van der Waals surface area contributed by atoms with Gasteiger partial charge in [0.25, 0.3) is 17.7 Å². The van der Waals surface area contributed by atoms with Crippen molar-refractivity contribution >= 4 is 52.4 Å². The zero-order chi connectivity index (χ0) is 41.8. The number of carbonyl (C=O) groups is 5. The number of anilines is 4. The molecule has 0 radical (unpaired) electrons. The summed E-state index contributed by atoms with van der Waals surface area (Å²) in [5.41, 5.74) is 3.26. The summed E-state index contributed by atoms with van der Waals surface area (Å²) in [5, 5.41) is 14.2. The Labute approximate surface area is 348 Å². The van der Waals surface area contributed by atoms with E-state index in [1.54, 1.807) is 30.5 Å². The minimum Gasteiger partial charge on any atom is -0.371 e. The van der Waals surface area contributed by atoms with E-state index in [1.165, 1.54) is 0 Å². The number of hydrogen-bond acceptors (Lipinski definition) is 11. The third-order valence-corrected chi connectivity index (χ3v) is 13.9. The number of nitriles is 1. The van der Waals surface area contributed by atoms with Crippen LogP contribution in [0.3, 0.4) is 0 Å². The molecule has 1 unspecified atom stereocenters. The van der Waals surface area contributed by atoms with Crippen LogP contribution in [0.1, 0.15) is 83.2 Å². The van der Waals surface area contributed by atoms with E-state index >= 15 is 4.39 Å². The molecule has 5 fully saturated rings. The van der Waals surface area contributed by atoms with Crippen LogP contribution in [0.5, 0.6) is 0 Å². The molecule has 0 saturated carbocycles. The van der Waals surface area contributed by atoms with Crippen LogP contribution in [-0.2, 0) is 14.4 Å². The standard InChI is InChI=1S/C45H50FN9O5/c1-29-22-32(3-2-31(29)24-47)54-20-14-45(46,15-21-54)43(60)49-38-8-5-34(25-48-38)52-16-10-30(11-17-52)26-51-27-44(28-51)12-18-53(19-13-44)33-4-6-35-36(23-33)42(59)55(41(35)58)37-7-9-39(56)50-40(37)57/h2-6,8,22-23,25,30,37H,7,9-21,26-28H2,1H3,(H,48,49,60)(H,50,56,57). The summed E-state index contributed by atoms with van der Waals surface area (Å²) in [6.07, 6.45) is 6.42. The number of aromatic nitrogens is 1. The van der Waals surface area contributed by atoms with Gasteiger partial charge in [-0.25, -0.2) is 9.37 Å². The fourth-order valence-electron chi connectivity index (χ4n) is 10.2. The Morgan fingerprint density at radius 1 is 0.833 bits per heavy atom. The molecule has 2 aromatic carbocycles. The molecule has 5 amide bonds. The number of piperidine rings is 4. The Kier molecular flexibility index (Phi) is 10.3. The minimum atomic E-state index is -1.98. The Morgan fingerprint density at radius 2 is 1.47 bits per heavy atom. The smallest absolute Gasteiger partial charge is 0.263 e. The van der Waals surface area contributed by atoms with Gasteiger partial charge in [-0.05, 0) is 104 Å². The number of nitrogens with one attached hydrogen (secondary N) is 2. The van der Waals surface area contributed by atoms with Gasteiger partial charge in [-0.2, -0.15) is 5.26 Å². The zero-order valence-electron chi connectivity index (χ0n) is 33.9. The van der Waals surface area contributed by atoms with Crippen molar-refractivity contribution in [2.45, 2.75) is 70.0 Å². The SMILES string of the molecule is Cc1cc(N2CCC(F)(C(=O)Nc3ccc(N4CCC(CN5CC6(CCN(c7ccc8c(c7)C(=O)N(C7CCC(=O)NC7=O)C8=O)CC6)C5)CC4)cn3)CC2)ccc1C#N. The van der Waals surface area contributed by atoms with Gasteiger partial charge in [-0.1, -0.05) is 0 Å². The van der Waals surface area contributed by atoms with Gasteiger partial charge in [0.15, 0.2) is 5.67 Å². The Bertz CT molecular complexity index is 2260. The van der Waals surface area contributed by atoms with Crippen molar-refractivity contribution in [1.82, 2.24) is 20.1 Å². The summed E-state index contributed by atoms with van der Waals surface area (Å²) < 4.78 is 15.8. The van der Waals surface area contributed by atoms with Gasteiger partial charge in [0.05, 0.1) is 34.6 Å². The average molecular weight is 816 g/mol. The molecule has 5 saturated heterocycles.